The van der Waals surface area contributed by atoms with Crippen LogP contribution < -0.4 is 15.0 Å². The molecule has 2 heterocycles. The van der Waals surface area contributed by atoms with E-state index in [0.29, 0.717) is 6.61 Å². The molecule has 0 amide bonds. The van der Waals surface area contributed by atoms with Crippen molar-refractivity contribution in [3.8, 4) is 5.75 Å². The largest absolute Gasteiger partial charge is 0.490 e. The van der Waals surface area contributed by atoms with Crippen LogP contribution in [0.2, 0.25) is 0 Å². The lowest BCUT2D eigenvalue weighted by atomic mass is 9.97. The Morgan fingerprint density at radius 2 is 2.22 bits per heavy atom. The Balaban J connectivity index is 2.00. The molecule has 0 aromatic carbocycles. The molecule has 0 radical (unpaired) electrons. The predicted octanol–water partition coefficient (Wildman–Crippen LogP) is 1.92. The highest BCUT2D eigenvalue weighted by Gasteiger charge is 2.21. The van der Waals surface area contributed by atoms with Crippen LogP contribution in [0.4, 0.5) is 5.82 Å². The number of rotatable bonds is 5. The van der Waals surface area contributed by atoms with E-state index in [9.17, 15) is 0 Å². The number of piperidine rings is 1. The van der Waals surface area contributed by atoms with Gasteiger partial charge in [-0.3, -0.25) is 0 Å². The molecule has 18 heavy (non-hydrogen) atoms. The molecule has 0 bridgehead atoms. The van der Waals surface area contributed by atoms with Crippen LogP contribution in [0.1, 0.15) is 19.8 Å². The lowest BCUT2D eigenvalue weighted by molar-refractivity contribution is 0.335. The molecule has 0 saturated carbocycles. The van der Waals surface area contributed by atoms with Crippen LogP contribution in [-0.4, -0.2) is 38.3 Å². The fourth-order valence-corrected chi connectivity index (χ4v) is 2.53. The predicted molar refractivity (Wildman–Crippen MR) is 74.3 cm³/mol. The van der Waals surface area contributed by atoms with Crippen molar-refractivity contribution in [3.63, 3.8) is 0 Å². The summed E-state index contributed by atoms with van der Waals surface area (Å²) in [6, 6.07) is 3.94. The first kappa shape index (κ1) is 13.1. The van der Waals surface area contributed by atoms with Gasteiger partial charge in [0.05, 0.1) is 6.61 Å². The highest BCUT2D eigenvalue weighted by molar-refractivity contribution is 5.52. The Hall–Kier alpha value is -1.29. The number of anilines is 1. The first-order chi connectivity index (χ1) is 8.85. The van der Waals surface area contributed by atoms with Crippen LogP contribution in [0.5, 0.6) is 5.75 Å². The van der Waals surface area contributed by atoms with Crippen LogP contribution in [0.3, 0.4) is 0 Å². The highest BCUT2D eigenvalue weighted by atomic mass is 16.5. The fourth-order valence-electron chi connectivity index (χ4n) is 2.53. The summed E-state index contributed by atoms with van der Waals surface area (Å²) < 4.78 is 5.65. The summed E-state index contributed by atoms with van der Waals surface area (Å²) >= 11 is 0. The Morgan fingerprint density at radius 1 is 1.44 bits per heavy atom. The first-order valence-corrected chi connectivity index (χ1v) is 6.82. The molecule has 0 aliphatic carbocycles. The molecule has 1 aromatic heterocycles. The molecule has 0 atom stereocenters. The summed E-state index contributed by atoms with van der Waals surface area (Å²) in [6.45, 7) is 5.96. The van der Waals surface area contributed by atoms with Gasteiger partial charge in [0.2, 0.25) is 0 Å². The van der Waals surface area contributed by atoms with Crippen molar-refractivity contribution in [1.82, 2.24) is 10.3 Å². The van der Waals surface area contributed by atoms with Gasteiger partial charge in [-0.1, -0.05) is 0 Å². The van der Waals surface area contributed by atoms with Gasteiger partial charge in [0, 0.05) is 19.3 Å². The van der Waals surface area contributed by atoms with Crippen molar-refractivity contribution in [2.24, 2.45) is 5.92 Å². The zero-order valence-electron chi connectivity index (χ0n) is 11.4. The maximum Gasteiger partial charge on any atom is 0.171 e. The smallest absolute Gasteiger partial charge is 0.171 e. The number of hydrogen-bond donors (Lipinski definition) is 1. The Morgan fingerprint density at radius 3 is 2.89 bits per heavy atom. The lowest BCUT2D eigenvalue weighted by Crippen LogP contribution is -2.37. The molecule has 1 aromatic rings. The van der Waals surface area contributed by atoms with E-state index in [0.717, 1.165) is 37.1 Å². The summed E-state index contributed by atoms with van der Waals surface area (Å²) in [4.78, 5) is 6.82. The Bertz CT molecular complexity index is 362. The minimum atomic E-state index is 0.689. The van der Waals surface area contributed by atoms with E-state index in [4.69, 9.17) is 4.74 Å². The normalized spacial score (nSPS) is 16.9. The molecular weight excluding hydrogens is 226 g/mol. The molecule has 1 aliphatic heterocycles. The zero-order valence-corrected chi connectivity index (χ0v) is 11.4. The maximum absolute atomic E-state index is 5.65. The molecule has 1 fully saturated rings. The number of nitrogens with zero attached hydrogens (tertiary/aromatic N) is 2. The summed E-state index contributed by atoms with van der Waals surface area (Å²) in [5, 5.41) is 3.26. The van der Waals surface area contributed by atoms with Crippen molar-refractivity contribution < 1.29 is 4.74 Å². The molecule has 4 heteroatoms. The van der Waals surface area contributed by atoms with Crippen LogP contribution in [0.15, 0.2) is 18.3 Å². The quantitative estimate of drug-likeness (QED) is 0.865. The second-order valence-corrected chi connectivity index (χ2v) is 4.75. The molecule has 2 rings (SSSR count). The third kappa shape index (κ3) is 3.13. The van der Waals surface area contributed by atoms with E-state index < -0.39 is 0 Å². The zero-order chi connectivity index (χ0) is 12.8. The van der Waals surface area contributed by atoms with Crippen molar-refractivity contribution >= 4 is 5.82 Å². The van der Waals surface area contributed by atoms with Gasteiger partial charge in [-0.05, 0) is 51.4 Å². The average Bonchev–Trinajstić information content (AvgIpc) is 2.41. The van der Waals surface area contributed by atoms with Crippen LogP contribution in [0.25, 0.3) is 0 Å². The molecule has 100 valence electrons. The van der Waals surface area contributed by atoms with Gasteiger partial charge in [-0.15, -0.1) is 0 Å². The molecule has 1 aliphatic rings. The van der Waals surface area contributed by atoms with E-state index in [1.165, 1.54) is 12.8 Å². The van der Waals surface area contributed by atoms with E-state index in [1.54, 1.807) is 0 Å². The monoisotopic (exact) mass is 249 g/mol. The average molecular weight is 249 g/mol. The minimum absolute atomic E-state index is 0.689. The van der Waals surface area contributed by atoms with Gasteiger partial charge in [-0.25, -0.2) is 4.98 Å². The second-order valence-electron chi connectivity index (χ2n) is 4.75. The second kappa shape index (κ2) is 6.59. The topological polar surface area (TPSA) is 37.4 Å². The number of nitrogens with one attached hydrogen (secondary N) is 1. The molecule has 0 spiro atoms. The summed E-state index contributed by atoms with van der Waals surface area (Å²) in [5.74, 6) is 2.71. The maximum atomic E-state index is 5.65. The van der Waals surface area contributed by atoms with E-state index in [-0.39, 0.29) is 0 Å². The minimum Gasteiger partial charge on any atom is -0.490 e. The summed E-state index contributed by atoms with van der Waals surface area (Å²) in [7, 11) is 2.03. The summed E-state index contributed by atoms with van der Waals surface area (Å²) in [6.07, 6.45) is 4.30. The van der Waals surface area contributed by atoms with Crippen molar-refractivity contribution in [1.29, 1.82) is 0 Å². The van der Waals surface area contributed by atoms with Gasteiger partial charge >= 0.3 is 0 Å². The third-order valence-corrected chi connectivity index (χ3v) is 3.46. The molecular formula is C14H23N3O. The van der Waals surface area contributed by atoms with Crippen molar-refractivity contribution in [2.75, 3.05) is 38.2 Å². The van der Waals surface area contributed by atoms with Gasteiger partial charge in [0.1, 0.15) is 0 Å². The molecule has 1 saturated heterocycles. The fraction of sp³-hybridized carbons (Fsp3) is 0.643. The Labute approximate surface area is 109 Å². The van der Waals surface area contributed by atoms with Gasteiger partial charge < -0.3 is 15.0 Å². The highest BCUT2D eigenvalue weighted by Crippen LogP contribution is 2.29. The van der Waals surface area contributed by atoms with E-state index in [2.05, 4.69) is 15.2 Å². The molecule has 0 unspecified atom stereocenters. The third-order valence-electron chi connectivity index (χ3n) is 3.46. The van der Waals surface area contributed by atoms with Crippen molar-refractivity contribution in [2.45, 2.75) is 19.8 Å². The van der Waals surface area contributed by atoms with Gasteiger partial charge in [-0.2, -0.15) is 0 Å². The number of aromatic nitrogens is 1. The number of hydrogen-bond acceptors (Lipinski definition) is 4. The van der Waals surface area contributed by atoms with Crippen LogP contribution in [-0.2, 0) is 0 Å². The Kier molecular flexibility index (Phi) is 4.81. The van der Waals surface area contributed by atoms with E-state index in [1.807, 2.05) is 32.3 Å². The van der Waals surface area contributed by atoms with Gasteiger partial charge in [0.15, 0.2) is 11.6 Å². The van der Waals surface area contributed by atoms with Crippen molar-refractivity contribution in [3.05, 3.63) is 18.3 Å². The van der Waals surface area contributed by atoms with E-state index >= 15 is 0 Å². The summed E-state index contributed by atoms with van der Waals surface area (Å²) in [5.41, 5.74) is 0. The van der Waals surface area contributed by atoms with Crippen LogP contribution >= 0.6 is 0 Å². The molecule has 1 N–H and O–H groups in total. The number of pyridine rings is 1. The number of ether oxygens (including phenoxy) is 1. The molecule has 4 nitrogen and oxygen atoms in total. The first-order valence-electron chi connectivity index (χ1n) is 6.82. The standard InChI is InChI=1S/C14H23N3O/c1-3-18-13-5-4-8-16-14(13)17-9-6-12(7-10-17)11-15-2/h4-5,8,12,15H,3,6-7,9-11H2,1-2H3. The van der Waals surface area contributed by atoms with Gasteiger partial charge in [0.25, 0.3) is 0 Å². The van der Waals surface area contributed by atoms with Crippen LogP contribution in [0, 0.1) is 5.92 Å². The SMILES string of the molecule is CCOc1cccnc1N1CCC(CNC)CC1. The lowest BCUT2D eigenvalue weighted by Gasteiger charge is -2.33.